The van der Waals surface area contributed by atoms with Gasteiger partial charge in [0.1, 0.15) is 11.3 Å². The highest BCUT2D eigenvalue weighted by atomic mass is 32.2. The molecule has 0 saturated heterocycles. The summed E-state index contributed by atoms with van der Waals surface area (Å²) in [6.45, 7) is 0. The zero-order chi connectivity index (χ0) is 13.1. The first-order valence-corrected chi connectivity index (χ1v) is 6.46. The zero-order valence-electron chi connectivity index (χ0n) is 9.83. The molecular formula is C10H13N5O2S. The number of nitrogens with two attached hydrogens (primary N) is 1. The number of aromatic nitrogens is 4. The summed E-state index contributed by atoms with van der Waals surface area (Å²) in [5, 5.41) is 8.53. The molecule has 2 aromatic heterocycles. The number of rotatable bonds is 5. The van der Waals surface area contributed by atoms with Gasteiger partial charge in [-0.3, -0.25) is 4.79 Å². The van der Waals surface area contributed by atoms with Gasteiger partial charge in [-0.1, -0.05) is 0 Å². The number of carboxylic acid groups (broad SMARTS) is 1. The predicted molar refractivity (Wildman–Crippen MR) is 69.1 cm³/mol. The number of hydrogen-bond donors (Lipinski definition) is 2. The molecule has 96 valence electrons. The molecular weight excluding hydrogens is 254 g/mol. The maximum absolute atomic E-state index is 10.4. The van der Waals surface area contributed by atoms with Gasteiger partial charge in [0.25, 0.3) is 0 Å². The number of imidazole rings is 1. The van der Waals surface area contributed by atoms with E-state index in [1.165, 1.54) is 11.8 Å². The van der Waals surface area contributed by atoms with E-state index in [4.69, 9.17) is 10.8 Å². The van der Waals surface area contributed by atoms with E-state index in [1.807, 2.05) is 7.05 Å². The molecule has 0 atom stereocenters. The SMILES string of the molecule is Cn1cnc2c(N)nc(CSCCC(=O)O)nc21. The average Bonchev–Trinajstić information content (AvgIpc) is 2.67. The van der Waals surface area contributed by atoms with E-state index in [9.17, 15) is 4.79 Å². The summed E-state index contributed by atoms with van der Waals surface area (Å²) in [5.41, 5.74) is 7.08. The van der Waals surface area contributed by atoms with Crippen molar-refractivity contribution in [2.75, 3.05) is 11.5 Å². The standard InChI is InChI=1S/C10H13N5O2S/c1-15-5-12-8-9(11)13-6(14-10(8)15)4-18-3-2-7(16)17/h5H,2-4H2,1H3,(H,16,17)(H2,11,13,14). The lowest BCUT2D eigenvalue weighted by Gasteiger charge is -2.02. The van der Waals surface area contributed by atoms with Gasteiger partial charge in [0.15, 0.2) is 11.5 Å². The third-order valence-electron chi connectivity index (χ3n) is 2.32. The highest BCUT2D eigenvalue weighted by Gasteiger charge is 2.09. The second kappa shape index (κ2) is 5.21. The van der Waals surface area contributed by atoms with E-state index in [-0.39, 0.29) is 6.42 Å². The predicted octanol–water partition coefficient (Wildman–Crippen LogP) is 0.653. The van der Waals surface area contributed by atoms with E-state index in [2.05, 4.69) is 15.0 Å². The lowest BCUT2D eigenvalue weighted by Crippen LogP contribution is -2.02. The first kappa shape index (κ1) is 12.6. The van der Waals surface area contributed by atoms with Crippen LogP contribution >= 0.6 is 11.8 Å². The van der Waals surface area contributed by atoms with Crippen LogP contribution in [0.3, 0.4) is 0 Å². The zero-order valence-corrected chi connectivity index (χ0v) is 10.6. The Morgan fingerprint density at radius 3 is 3.06 bits per heavy atom. The van der Waals surface area contributed by atoms with Crippen LogP contribution < -0.4 is 5.73 Å². The highest BCUT2D eigenvalue weighted by molar-refractivity contribution is 7.98. The van der Waals surface area contributed by atoms with Crippen molar-refractivity contribution in [3.63, 3.8) is 0 Å². The summed E-state index contributed by atoms with van der Waals surface area (Å²) in [7, 11) is 1.84. The lowest BCUT2D eigenvalue weighted by molar-refractivity contribution is -0.136. The normalized spacial score (nSPS) is 10.9. The largest absolute Gasteiger partial charge is 0.481 e. The third-order valence-corrected chi connectivity index (χ3v) is 3.28. The van der Waals surface area contributed by atoms with Crippen molar-refractivity contribution in [3.05, 3.63) is 12.2 Å². The summed E-state index contributed by atoms with van der Waals surface area (Å²) in [4.78, 5) is 23.0. The molecule has 0 fully saturated rings. The number of hydrogen-bond acceptors (Lipinski definition) is 6. The van der Waals surface area contributed by atoms with Crippen LogP contribution in [0.1, 0.15) is 12.2 Å². The monoisotopic (exact) mass is 267 g/mol. The van der Waals surface area contributed by atoms with E-state index >= 15 is 0 Å². The van der Waals surface area contributed by atoms with Crippen molar-refractivity contribution in [2.24, 2.45) is 7.05 Å². The number of anilines is 1. The van der Waals surface area contributed by atoms with Crippen LogP contribution in [0.15, 0.2) is 6.33 Å². The van der Waals surface area contributed by atoms with Gasteiger partial charge in [-0.05, 0) is 0 Å². The quantitative estimate of drug-likeness (QED) is 0.766. The molecule has 0 aliphatic rings. The van der Waals surface area contributed by atoms with Crippen molar-refractivity contribution in [2.45, 2.75) is 12.2 Å². The number of thioether (sulfide) groups is 1. The van der Waals surface area contributed by atoms with Crippen molar-refractivity contribution in [3.8, 4) is 0 Å². The molecule has 0 saturated carbocycles. The molecule has 3 N–H and O–H groups in total. The van der Waals surface area contributed by atoms with Crippen molar-refractivity contribution < 1.29 is 9.90 Å². The lowest BCUT2D eigenvalue weighted by atomic mass is 10.5. The van der Waals surface area contributed by atoms with Crippen LogP contribution in [0, 0.1) is 0 Å². The van der Waals surface area contributed by atoms with Gasteiger partial charge in [-0.25, -0.2) is 15.0 Å². The van der Waals surface area contributed by atoms with E-state index in [0.717, 1.165) is 0 Å². The topological polar surface area (TPSA) is 107 Å². The number of nitrogen functional groups attached to an aromatic ring is 1. The fourth-order valence-corrected chi connectivity index (χ4v) is 2.24. The fraction of sp³-hybridized carbons (Fsp3) is 0.400. The van der Waals surface area contributed by atoms with Crippen LogP contribution in [0.25, 0.3) is 11.2 Å². The summed E-state index contributed by atoms with van der Waals surface area (Å²) >= 11 is 1.47. The molecule has 2 heterocycles. The van der Waals surface area contributed by atoms with Crippen LogP contribution in [0.5, 0.6) is 0 Å². The summed E-state index contributed by atoms with van der Waals surface area (Å²) < 4.78 is 1.78. The van der Waals surface area contributed by atoms with Gasteiger partial charge >= 0.3 is 5.97 Å². The molecule has 0 bridgehead atoms. The number of carbonyl (C=O) groups is 1. The maximum atomic E-state index is 10.4. The Labute approximate surface area is 107 Å². The Morgan fingerprint density at radius 1 is 1.56 bits per heavy atom. The molecule has 0 amide bonds. The van der Waals surface area contributed by atoms with Crippen LogP contribution in [-0.4, -0.2) is 36.3 Å². The molecule has 0 aliphatic carbocycles. The highest BCUT2D eigenvalue weighted by Crippen LogP contribution is 2.17. The first-order chi connectivity index (χ1) is 8.58. The number of aryl methyl sites for hydroxylation is 1. The summed E-state index contributed by atoms with van der Waals surface area (Å²) in [6, 6.07) is 0. The third kappa shape index (κ3) is 2.70. The molecule has 0 aromatic carbocycles. The fourth-order valence-electron chi connectivity index (χ4n) is 1.46. The second-order valence-corrected chi connectivity index (χ2v) is 4.85. The molecule has 18 heavy (non-hydrogen) atoms. The number of carboxylic acids is 1. The molecule has 0 unspecified atom stereocenters. The molecule has 2 aromatic rings. The Morgan fingerprint density at radius 2 is 2.33 bits per heavy atom. The van der Waals surface area contributed by atoms with Crippen LogP contribution in [0.2, 0.25) is 0 Å². The average molecular weight is 267 g/mol. The summed E-state index contributed by atoms with van der Waals surface area (Å²) in [5.74, 6) is 1.22. The Hall–Kier alpha value is -1.83. The molecule has 2 rings (SSSR count). The van der Waals surface area contributed by atoms with E-state index in [0.29, 0.717) is 34.3 Å². The van der Waals surface area contributed by atoms with Crippen molar-refractivity contribution in [1.82, 2.24) is 19.5 Å². The van der Waals surface area contributed by atoms with Crippen LogP contribution in [0.4, 0.5) is 5.82 Å². The van der Waals surface area contributed by atoms with Gasteiger partial charge in [0.05, 0.1) is 18.5 Å². The van der Waals surface area contributed by atoms with Gasteiger partial charge in [-0.15, -0.1) is 0 Å². The molecule has 0 spiro atoms. The Bertz CT molecular complexity index is 583. The molecule has 0 aliphatic heterocycles. The van der Waals surface area contributed by atoms with E-state index in [1.54, 1.807) is 10.9 Å². The molecule has 7 nitrogen and oxygen atoms in total. The smallest absolute Gasteiger partial charge is 0.304 e. The second-order valence-electron chi connectivity index (χ2n) is 3.75. The van der Waals surface area contributed by atoms with Gasteiger partial charge < -0.3 is 15.4 Å². The van der Waals surface area contributed by atoms with Gasteiger partial charge in [0.2, 0.25) is 0 Å². The molecule has 0 radical (unpaired) electrons. The maximum Gasteiger partial charge on any atom is 0.304 e. The summed E-state index contributed by atoms with van der Waals surface area (Å²) in [6.07, 6.45) is 1.77. The Kier molecular flexibility index (Phi) is 3.66. The Balaban J connectivity index is 2.09. The minimum Gasteiger partial charge on any atom is -0.481 e. The first-order valence-electron chi connectivity index (χ1n) is 5.31. The molecule has 8 heteroatoms. The minimum atomic E-state index is -0.801. The minimum absolute atomic E-state index is 0.133. The van der Waals surface area contributed by atoms with Gasteiger partial charge in [0, 0.05) is 12.8 Å². The van der Waals surface area contributed by atoms with Crippen molar-refractivity contribution in [1.29, 1.82) is 0 Å². The number of nitrogens with zero attached hydrogens (tertiary/aromatic N) is 4. The van der Waals surface area contributed by atoms with E-state index < -0.39 is 5.97 Å². The van der Waals surface area contributed by atoms with Crippen LogP contribution in [-0.2, 0) is 17.6 Å². The van der Waals surface area contributed by atoms with Crippen molar-refractivity contribution >= 4 is 34.7 Å². The number of aliphatic carboxylic acids is 1. The van der Waals surface area contributed by atoms with Gasteiger partial charge in [-0.2, -0.15) is 11.8 Å². The number of fused-ring (bicyclic) bond motifs is 1.